The number of rotatable bonds is 3. The van der Waals surface area contributed by atoms with Gasteiger partial charge in [-0.25, -0.2) is 13.6 Å². The SMILES string of the molecule is O=C(Nc1cccnn1)NC1CCOC1c1ccc(F)c(F)c1. The number of hydrogen-bond acceptors (Lipinski definition) is 4. The summed E-state index contributed by atoms with van der Waals surface area (Å²) in [6.07, 6.45) is 1.53. The standard InChI is InChI=1S/C15H14F2N4O2/c16-10-4-3-9(8-11(10)17)14-12(5-7-23-14)19-15(22)20-13-2-1-6-18-21-13/h1-4,6,8,12,14H,5,7H2,(H2,19,20,21,22). The molecule has 2 heterocycles. The van der Waals surface area contributed by atoms with E-state index >= 15 is 0 Å². The Kier molecular flexibility index (Phi) is 4.42. The van der Waals surface area contributed by atoms with Crippen LogP contribution >= 0.6 is 0 Å². The first-order chi connectivity index (χ1) is 11.1. The monoisotopic (exact) mass is 320 g/mol. The molecule has 2 unspecified atom stereocenters. The summed E-state index contributed by atoms with van der Waals surface area (Å²) in [5, 5.41) is 12.7. The highest BCUT2D eigenvalue weighted by atomic mass is 19.2. The van der Waals surface area contributed by atoms with Gasteiger partial charge in [0, 0.05) is 12.8 Å². The Balaban J connectivity index is 1.67. The van der Waals surface area contributed by atoms with Gasteiger partial charge in [-0.2, -0.15) is 5.10 Å². The van der Waals surface area contributed by atoms with Gasteiger partial charge in [0.15, 0.2) is 17.5 Å². The summed E-state index contributed by atoms with van der Waals surface area (Å²) in [5.74, 6) is -1.55. The fourth-order valence-electron chi connectivity index (χ4n) is 2.44. The quantitative estimate of drug-likeness (QED) is 0.910. The first kappa shape index (κ1) is 15.3. The van der Waals surface area contributed by atoms with E-state index in [-0.39, 0.29) is 6.04 Å². The summed E-state index contributed by atoms with van der Waals surface area (Å²) in [6, 6.07) is 6.01. The van der Waals surface area contributed by atoms with Crippen LogP contribution in [-0.2, 0) is 4.74 Å². The Hall–Kier alpha value is -2.61. The predicted octanol–water partition coefficient (Wildman–Crippen LogP) is 2.41. The van der Waals surface area contributed by atoms with Crippen molar-refractivity contribution in [1.29, 1.82) is 0 Å². The molecule has 23 heavy (non-hydrogen) atoms. The fourth-order valence-corrected chi connectivity index (χ4v) is 2.44. The molecule has 8 heteroatoms. The number of urea groups is 1. The fraction of sp³-hybridized carbons (Fsp3) is 0.267. The number of carbonyl (C=O) groups is 1. The smallest absolute Gasteiger partial charge is 0.320 e. The number of benzene rings is 1. The molecule has 1 fully saturated rings. The second-order valence-corrected chi connectivity index (χ2v) is 5.07. The number of hydrogen-bond donors (Lipinski definition) is 2. The van der Waals surface area contributed by atoms with Crippen LogP contribution in [0.1, 0.15) is 18.1 Å². The number of nitrogens with zero attached hydrogens (tertiary/aromatic N) is 2. The molecule has 0 radical (unpaired) electrons. The topological polar surface area (TPSA) is 76.1 Å². The lowest BCUT2D eigenvalue weighted by Crippen LogP contribution is -2.39. The Morgan fingerprint density at radius 3 is 2.87 bits per heavy atom. The van der Waals surface area contributed by atoms with Gasteiger partial charge >= 0.3 is 6.03 Å². The highest BCUT2D eigenvalue weighted by Crippen LogP contribution is 2.30. The molecule has 0 aliphatic carbocycles. The Morgan fingerprint density at radius 2 is 2.13 bits per heavy atom. The molecule has 6 nitrogen and oxygen atoms in total. The molecule has 1 aromatic carbocycles. The van der Waals surface area contributed by atoms with Gasteiger partial charge in [0.2, 0.25) is 0 Å². The average Bonchev–Trinajstić information content (AvgIpc) is 2.99. The number of amides is 2. The molecule has 2 aromatic rings. The van der Waals surface area contributed by atoms with Gasteiger partial charge in [-0.3, -0.25) is 5.32 Å². The lowest BCUT2D eigenvalue weighted by atomic mass is 10.0. The maximum atomic E-state index is 13.4. The summed E-state index contributed by atoms with van der Waals surface area (Å²) in [4.78, 5) is 12.0. The highest BCUT2D eigenvalue weighted by Gasteiger charge is 2.31. The summed E-state index contributed by atoms with van der Waals surface area (Å²) >= 11 is 0. The predicted molar refractivity (Wildman–Crippen MR) is 77.6 cm³/mol. The molecule has 1 saturated heterocycles. The van der Waals surface area contributed by atoms with Gasteiger partial charge in [0.25, 0.3) is 0 Å². The summed E-state index contributed by atoms with van der Waals surface area (Å²) in [6.45, 7) is 0.416. The largest absolute Gasteiger partial charge is 0.371 e. The number of aromatic nitrogens is 2. The van der Waals surface area contributed by atoms with Crippen LogP contribution in [0.25, 0.3) is 0 Å². The van der Waals surface area contributed by atoms with Crippen molar-refractivity contribution in [3.63, 3.8) is 0 Å². The van der Waals surface area contributed by atoms with E-state index in [9.17, 15) is 13.6 Å². The van der Waals surface area contributed by atoms with E-state index in [1.807, 2.05) is 0 Å². The van der Waals surface area contributed by atoms with Crippen molar-refractivity contribution in [3.8, 4) is 0 Å². The van der Waals surface area contributed by atoms with Crippen molar-refractivity contribution in [1.82, 2.24) is 15.5 Å². The Labute approximate surface area is 130 Å². The van der Waals surface area contributed by atoms with E-state index < -0.39 is 23.8 Å². The van der Waals surface area contributed by atoms with E-state index in [2.05, 4.69) is 20.8 Å². The third-order valence-electron chi connectivity index (χ3n) is 3.49. The minimum atomic E-state index is -0.944. The van der Waals surface area contributed by atoms with E-state index in [1.165, 1.54) is 12.3 Å². The van der Waals surface area contributed by atoms with Crippen LogP contribution in [0.3, 0.4) is 0 Å². The molecule has 0 saturated carbocycles. The van der Waals surface area contributed by atoms with Gasteiger partial charge in [-0.15, -0.1) is 5.10 Å². The molecule has 0 bridgehead atoms. The molecular formula is C15H14F2N4O2. The van der Waals surface area contributed by atoms with Gasteiger partial charge in [0.1, 0.15) is 6.10 Å². The van der Waals surface area contributed by atoms with Crippen LogP contribution in [0.5, 0.6) is 0 Å². The molecule has 1 aromatic heterocycles. The number of ether oxygens (including phenoxy) is 1. The third-order valence-corrected chi connectivity index (χ3v) is 3.49. The number of carbonyl (C=O) groups excluding carboxylic acids is 1. The van der Waals surface area contributed by atoms with E-state index in [0.29, 0.717) is 24.4 Å². The van der Waals surface area contributed by atoms with Crippen molar-refractivity contribution >= 4 is 11.8 Å². The van der Waals surface area contributed by atoms with E-state index in [0.717, 1.165) is 12.1 Å². The molecule has 2 amide bonds. The zero-order chi connectivity index (χ0) is 16.2. The molecular weight excluding hydrogens is 306 g/mol. The zero-order valence-corrected chi connectivity index (χ0v) is 12.0. The number of anilines is 1. The van der Waals surface area contributed by atoms with Crippen molar-refractivity contribution in [2.75, 3.05) is 11.9 Å². The maximum Gasteiger partial charge on any atom is 0.320 e. The van der Waals surface area contributed by atoms with Crippen molar-refractivity contribution < 1.29 is 18.3 Å². The second kappa shape index (κ2) is 6.66. The highest BCUT2D eigenvalue weighted by molar-refractivity contribution is 5.88. The molecule has 3 rings (SSSR count). The lowest BCUT2D eigenvalue weighted by Gasteiger charge is -2.20. The van der Waals surface area contributed by atoms with Crippen LogP contribution < -0.4 is 10.6 Å². The van der Waals surface area contributed by atoms with Gasteiger partial charge in [0.05, 0.1) is 6.04 Å². The van der Waals surface area contributed by atoms with Crippen LogP contribution in [0.2, 0.25) is 0 Å². The number of halogens is 2. The molecule has 1 aliphatic heterocycles. The second-order valence-electron chi connectivity index (χ2n) is 5.07. The molecule has 1 aliphatic rings. The van der Waals surface area contributed by atoms with Gasteiger partial charge < -0.3 is 10.1 Å². The normalized spacial score (nSPS) is 20.3. The van der Waals surface area contributed by atoms with E-state index in [1.54, 1.807) is 12.1 Å². The Bertz CT molecular complexity index is 699. The average molecular weight is 320 g/mol. The first-order valence-electron chi connectivity index (χ1n) is 7.05. The van der Waals surface area contributed by atoms with Crippen molar-refractivity contribution in [3.05, 3.63) is 53.7 Å². The Morgan fingerprint density at radius 1 is 1.26 bits per heavy atom. The van der Waals surface area contributed by atoms with Crippen LogP contribution in [0, 0.1) is 11.6 Å². The third kappa shape index (κ3) is 3.59. The molecule has 2 atom stereocenters. The van der Waals surface area contributed by atoms with Crippen molar-refractivity contribution in [2.24, 2.45) is 0 Å². The van der Waals surface area contributed by atoms with E-state index in [4.69, 9.17) is 4.74 Å². The minimum absolute atomic E-state index is 0.313. The van der Waals surface area contributed by atoms with Gasteiger partial charge in [-0.1, -0.05) is 6.07 Å². The lowest BCUT2D eigenvalue weighted by molar-refractivity contribution is 0.100. The van der Waals surface area contributed by atoms with Crippen LogP contribution in [0.15, 0.2) is 36.5 Å². The summed E-state index contributed by atoms with van der Waals surface area (Å²) in [7, 11) is 0. The summed E-state index contributed by atoms with van der Waals surface area (Å²) < 4.78 is 31.9. The first-order valence-corrected chi connectivity index (χ1v) is 7.05. The summed E-state index contributed by atoms with van der Waals surface area (Å²) in [5.41, 5.74) is 0.478. The zero-order valence-electron chi connectivity index (χ0n) is 12.0. The van der Waals surface area contributed by atoms with Gasteiger partial charge in [-0.05, 0) is 36.2 Å². The number of nitrogens with one attached hydrogen (secondary N) is 2. The molecule has 0 spiro atoms. The van der Waals surface area contributed by atoms with Crippen LogP contribution in [0.4, 0.5) is 19.4 Å². The minimum Gasteiger partial charge on any atom is -0.371 e. The maximum absolute atomic E-state index is 13.4. The van der Waals surface area contributed by atoms with Crippen molar-refractivity contribution in [2.45, 2.75) is 18.6 Å². The molecule has 120 valence electrons. The molecule has 2 N–H and O–H groups in total. The van der Waals surface area contributed by atoms with Crippen LogP contribution in [-0.4, -0.2) is 28.9 Å².